The standard InChI is InChI=1S/C10H14N5O7P/c11-8-5-9(13-2-12-8)15(3-14-5)10-6(17)7(4(1-16)21-10)22-23(18,19)20/h2-4,6-7,10,16-17H,1H2,(H2,11,12,13)(H2,18,19,20)/p-1/t4-,6-,7-,10-/m1/s1. The molecule has 0 amide bonds. The van der Waals surface area contributed by atoms with Gasteiger partial charge >= 0.3 is 0 Å². The summed E-state index contributed by atoms with van der Waals surface area (Å²) >= 11 is 0. The van der Waals surface area contributed by atoms with Crippen molar-refractivity contribution in [3.63, 3.8) is 0 Å². The van der Waals surface area contributed by atoms with Crippen LogP contribution in [0.4, 0.5) is 5.82 Å². The Morgan fingerprint density at radius 2 is 2.22 bits per heavy atom. The van der Waals surface area contributed by atoms with Crippen molar-refractivity contribution in [2.75, 3.05) is 12.3 Å². The lowest BCUT2D eigenvalue weighted by molar-refractivity contribution is -0.228. The third-order valence-electron chi connectivity index (χ3n) is 3.41. The molecule has 0 spiro atoms. The van der Waals surface area contributed by atoms with Gasteiger partial charge in [0.2, 0.25) is 0 Å². The highest BCUT2D eigenvalue weighted by Crippen LogP contribution is 2.41. The Kier molecular flexibility index (Phi) is 4.06. The number of nitrogens with zero attached hydrogens (tertiary/aromatic N) is 4. The van der Waals surface area contributed by atoms with E-state index in [9.17, 15) is 19.7 Å². The molecule has 1 aliphatic rings. The van der Waals surface area contributed by atoms with E-state index in [1.165, 1.54) is 17.2 Å². The van der Waals surface area contributed by atoms with Crippen LogP contribution in [0.3, 0.4) is 0 Å². The average Bonchev–Trinajstić information content (AvgIpc) is 3.01. The Morgan fingerprint density at radius 1 is 1.48 bits per heavy atom. The minimum absolute atomic E-state index is 0.118. The number of rotatable bonds is 4. The zero-order valence-corrected chi connectivity index (χ0v) is 12.4. The van der Waals surface area contributed by atoms with Gasteiger partial charge in [0, 0.05) is 0 Å². The quantitative estimate of drug-likeness (QED) is 0.428. The van der Waals surface area contributed by atoms with Gasteiger partial charge in [-0.05, 0) is 0 Å². The second-order valence-corrected chi connectivity index (χ2v) is 6.01. The third-order valence-corrected chi connectivity index (χ3v) is 3.92. The van der Waals surface area contributed by atoms with Crippen molar-refractivity contribution >= 4 is 24.8 Å². The fraction of sp³-hybridized carbons (Fsp3) is 0.500. The third kappa shape index (κ3) is 2.93. The minimum Gasteiger partial charge on any atom is -0.756 e. The van der Waals surface area contributed by atoms with Crippen molar-refractivity contribution < 1.29 is 33.8 Å². The van der Waals surface area contributed by atoms with Gasteiger partial charge in [0.05, 0.1) is 12.9 Å². The molecule has 1 fully saturated rings. The molecule has 0 bridgehead atoms. The number of phosphoric acid groups is 1. The van der Waals surface area contributed by atoms with E-state index in [1.54, 1.807) is 0 Å². The predicted octanol–water partition coefficient (Wildman–Crippen LogP) is -2.49. The smallest absolute Gasteiger partial charge is 0.265 e. The van der Waals surface area contributed by atoms with Crippen molar-refractivity contribution in [2.24, 2.45) is 0 Å². The van der Waals surface area contributed by atoms with E-state index < -0.39 is 39.0 Å². The van der Waals surface area contributed by atoms with Gasteiger partial charge in [-0.15, -0.1) is 0 Å². The lowest BCUT2D eigenvalue weighted by Gasteiger charge is -2.25. The van der Waals surface area contributed by atoms with Gasteiger partial charge < -0.3 is 35.0 Å². The molecule has 0 saturated carbocycles. The van der Waals surface area contributed by atoms with Crippen molar-refractivity contribution in [2.45, 2.75) is 24.5 Å². The van der Waals surface area contributed by atoms with Gasteiger partial charge in [0.1, 0.15) is 30.2 Å². The first-order valence-electron chi connectivity index (χ1n) is 6.41. The minimum atomic E-state index is -5.13. The van der Waals surface area contributed by atoms with Crippen LogP contribution < -0.4 is 10.6 Å². The Balaban J connectivity index is 1.96. The molecule has 2 aromatic rings. The molecule has 23 heavy (non-hydrogen) atoms. The number of aromatic nitrogens is 4. The van der Waals surface area contributed by atoms with Gasteiger partial charge in [0.25, 0.3) is 7.82 Å². The fourth-order valence-corrected chi connectivity index (χ4v) is 3.00. The fourth-order valence-electron chi connectivity index (χ4n) is 2.44. The van der Waals surface area contributed by atoms with E-state index in [0.29, 0.717) is 0 Å². The molecule has 0 aromatic carbocycles. The summed E-state index contributed by atoms with van der Waals surface area (Å²) < 4.78 is 22.0. The summed E-state index contributed by atoms with van der Waals surface area (Å²) in [4.78, 5) is 31.5. The van der Waals surface area contributed by atoms with Gasteiger partial charge in [-0.1, -0.05) is 0 Å². The molecule has 5 N–H and O–H groups in total. The molecule has 1 aliphatic heterocycles. The maximum absolute atomic E-state index is 10.9. The van der Waals surface area contributed by atoms with Crippen LogP contribution in [0.2, 0.25) is 0 Å². The second kappa shape index (κ2) is 5.76. The number of nitrogen functional groups attached to an aromatic ring is 1. The molecule has 0 aliphatic carbocycles. The van der Waals surface area contributed by atoms with Crippen molar-refractivity contribution in [1.29, 1.82) is 0 Å². The van der Waals surface area contributed by atoms with Crippen molar-refractivity contribution in [3.8, 4) is 0 Å². The van der Waals surface area contributed by atoms with Gasteiger partial charge in [0.15, 0.2) is 17.7 Å². The van der Waals surface area contributed by atoms with Crippen LogP contribution >= 0.6 is 7.82 Å². The summed E-state index contributed by atoms with van der Waals surface area (Å²) in [5.41, 5.74) is 6.17. The summed E-state index contributed by atoms with van der Waals surface area (Å²) in [6.45, 7) is -0.637. The van der Waals surface area contributed by atoms with Crippen LogP contribution in [-0.2, 0) is 13.8 Å². The van der Waals surface area contributed by atoms with Crippen LogP contribution in [0.1, 0.15) is 6.23 Å². The highest BCUT2D eigenvalue weighted by atomic mass is 31.2. The molecule has 3 rings (SSSR count). The van der Waals surface area contributed by atoms with E-state index in [-0.39, 0.29) is 17.0 Å². The van der Waals surface area contributed by atoms with E-state index in [0.717, 1.165) is 0 Å². The van der Waals surface area contributed by atoms with Crippen LogP contribution in [0, 0.1) is 0 Å². The monoisotopic (exact) mass is 346 g/mol. The van der Waals surface area contributed by atoms with Gasteiger partial charge in [-0.25, -0.2) is 15.0 Å². The zero-order valence-electron chi connectivity index (χ0n) is 11.5. The molecule has 0 radical (unpaired) electrons. The second-order valence-electron chi connectivity index (χ2n) is 4.86. The molecule has 1 saturated heterocycles. The summed E-state index contributed by atoms with van der Waals surface area (Å²) in [6.07, 6.45) is -2.88. The molecule has 2 aromatic heterocycles. The maximum atomic E-state index is 10.9. The molecule has 1 unspecified atom stereocenters. The molecule has 3 heterocycles. The van der Waals surface area contributed by atoms with Gasteiger partial charge in [-0.2, -0.15) is 0 Å². The normalized spacial score (nSPS) is 30.6. The maximum Gasteiger partial charge on any atom is 0.265 e. The number of aliphatic hydroxyl groups is 2. The van der Waals surface area contributed by atoms with Crippen LogP contribution in [0.5, 0.6) is 0 Å². The van der Waals surface area contributed by atoms with E-state index in [1.807, 2.05) is 0 Å². The van der Waals surface area contributed by atoms with E-state index in [2.05, 4.69) is 19.5 Å². The number of imidazole rings is 1. The molecule has 126 valence electrons. The van der Waals surface area contributed by atoms with E-state index >= 15 is 0 Å². The lowest BCUT2D eigenvalue weighted by atomic mass is 10.1. The first-order chi connectivity index (χ1) is 10.8. The lowest BCUT2D eigenvalue weighted by Crippen LogP contribution is -2.36. The highest BCUT2D eigenvalue weighted by molar-refractivity contribution is 7.44. The molecule has 5 atom stereocenters. The number of hydrogen-bond donors (Lipinski definition) is 4. The number of ether oxygens (including phenoxy) is 1. The molecular formula is C10H13N5O7P-. The highest BCUT2D eigenvalue weighted by Gasteiger charge is 2.47. The van der Waals surface area contributed by atoms with Crippen molar-refractivity contribution in [1.82, 2.24) is 19.5 Å². The first kappa shape index (κ1) is 16.2. The molecule has 12 nitrogen and oxygen atoms in total. The average molecular weight is 346 g/mol. The Hall–Kier alpha value is -1.66. The van der Waals surface area contributed by atoms with E-state index in [4.69, 9.17) is 15.4 Å². The number of hydrogen-bond acceptors (Lipinski definition) is 10. The number of aliphatic hydroxyl groups excluding tert-OH is 2. The SMILES string of the molecule is Nc1ncnc2c1ncn2[C@@H]1O[C@H](CO)[C@@H](OP(=O)([O-])O)[C@H]1O. The summed E-state index contributed by atoms with van der Waals surface area (Å²) in [6, 6.07) is 0. The summed E-state index contributed by atoms with van der Waals surface area (Å²) in [7, 11) is -5.13. The number of nitrogens with two attached hydrogens (primary N) is 1. The Morgan fingerprint density at radius 3 is 2.87 bits per heavy atom. The van der Waals surface area contributed by atoms with Gasteiger partial charge in [-0.3, -0.25) is 9.13 Å². The zero-order chi connectivity index (χ0) is 16.8. The Bertz CT molecular complexity index is 763. The van der Waals surface area contributed by atoms with Crippen LogP contribution in [-0.4, -0.2) is 59.5 Å². The summed E-state index contributed by atoms with van der Waals surface area (Å²) in [5, 5.41) is 19.5. The largest absolute Gasteiger partial charge is 0.756 e. The van der Waals surface area contributed by atoms with Crippen LogP contribution in [0.15, 0.2) is 12.7 Å². The summed E-state index contributed by atoms with van der Waals surface area (Å²) in [5.74, 6) is 0.118. The van der Waals surface area contributed by atoms with Crippen molar-refractivity contribution in [3.05, 3.63) is 12.7 Å². The Labute approximate surface area is 128 Å². The first-order valence-corrected chi connectivity index (χ1v) is 7.91. The molecular weight excluding hydrogens is 333 g/mol. The van der Waals surface area contributed by atoms with Crippen LogP contribution in [0.25, 0.3) is 11.2 Å². The predicted molar refractivity (Wildman–Crippen MR) is 71.4 cm³/mol. The molecule has 13 heteroatoms. The number of phosphoric ester groups is 1. The topological polar surface area (TPSA) is 189 Å². The number of anilines is 1. The number of fused-ring (bicyclic) bond motifs is 1.